The van der Waals surface area contributed by atoms with E-state index in [9.17, 15) is 4.79 Å². The van der Waals surface area contributed by atoms with Crippen LogP contribution in [0.15, 0.2) is 10.2 Å². The number of amidine groups is 1. The Morgan fingerprint density at radius 2 is 2.50 bits per heavy atom. The van der Waals surface area contributed by atoms with Crippen LogP contribution in [0.4, 0.5) is 0 Å². The predicted molar refractivity (Wildman–Crippen MR) is 51.4 cm³/mol. The molecule has 5 heteroatoms. The number of nitrogens with zero attached hydrogens (tertiary/aromatic N) is 2. The lowest BCUT2D eigenvalue weighted by molar-refractivity contribution is -0.116. The van der Waals surface area contributed by atoms with E-state index in [0.29, 0.717) is 10.9 Å². The summed E-state index contributed by atoms with van der Waals surface area (Å²) in [6, 6.07) is 0. The SMILES string of the molecule is CC/C(C)=N\N=C1/NC(=O)CS1. The predicted octanol–water partition coefficient (Wildman–Crippen LogP) is 0.991. The van der Waals surface area contributed by atoms with Gasteiger partial charge in [0.15, 0.2) is 5.17 Å². The third-order valence-electron chi connectivity index (χ3n) is 1.41. The summed E-state index contributed by atoms with van der Waals surface area (Å²) in [5.74, 6) is 0.461. The number of nitrogens with one attached hydrogen (secondary N) is 1. The zero-order valence-electron chi connectivity index (χ0n) is 7.13. The highest BCUT2D eigenvalue weighted by atomic mass is 32.2. The van der Waals surface area contributed by atoms with E-state index in [1.165, 1.54) is 11.8 Å². The molecule has 0 saturated carbocycles. The Morgan fingerprint density at radius 3 is 3.00 bits per heavy atom. The number of amides is 1. The van der Waals surface area contributed by atoms with E-state index < -0.39 is 0 Å². The average molecular weight is 185 g/mol. The van der Waals surface area contributed by atoms with E-state index >= 15 is 0 Å². The lowest BCUT2D eigenvalue weighted by Crippen LogP contribution is -2.19. The van der Waals surface area contributed by atoms with Crippen LogP contribution in [0.1, 0.15) is 20.3 Å². The molecule has 1 saturated heterocycles. The van der Waals surface area contributed by atoms with Gasteiger partial charge in [-0.2, -0.15) is 5.10 Å². The highest BCUT2D eigenvalue weighted by Gasteiger charge is 2.15. The highest BCUT2D eigenvalue weighted by Crippen LogP contribution is 2.08. The summed E-state index contributed by atoms with van der Waals surface area (Å²) in [7, 11) is 0. The first-order chi connectivity index (χ1) is 5.72. The van der Waals surface area contributed by atoms with Gasteiger partial charge in [-0.25, -0.2) is 0 Å². The summed E-state index contributed by atoms with van der Waals surface area (Å²) < 4.78 is 0. The van der Waals surface area contributed by atoms with Crippen molar-refractivity contribution in [3.8, 4) is 0 Å². The van der Waals surface area contributed by atoms with Gasteiger partial charge in [-0.3, -0.25) is 4.79 Å². The van der Waals surface area contributed by atoms with Gasteiger partial charge in [0.2, 0.25) is 5.91 Å². The van der Waals surface area contributed by atoms with E-state index in [0.717, 1.165) is 12.1 Å². The van der Waals surface area contributed by atoms with Crippen molar-refractivity contribution in [3.05, 3.63) is 0 Å². The normalized spacial score (nSPS) is 21.7. The molecule has 1 rings (SSSR count). The fraction of sp³-hybridized carbons (Fsp3) is 0.571. The molecule has 0 radical (unpaired) electrons. The van der Waals surface area contributed by atoms with Gasteiger partial charge in [0.1, 0.15) is 0 Å². The van der Waals surface area contributed by atoms with Gasteiger partial charge in [0.25, 0.3) is 0 Å². The minimum absolute atomic E-state index is 0.00287. The summed E-state index contributed by atoms with van der Waals surface area (Å²) >= 11 is 1.39. The van der Waals surface area contributed by atoms with Gasteiger partial charge in [-0.05, 0) is 13.3 Å². The Hall–Kier alpha value is -0.840. The van der Waals surface area contributed by atoms with Crippen LogP contribution in [-0.4, -0.2) is 22.5 Å². The standard InChI is InChI=1S/C7H11N3OS/c1-3-5(2)9-10-7-8-6(11)4-12-7/h3-4H2,1-2H3,(H,8,10,11)/b9-5-. The summed E-state index contributed by atoms with van der Waals surface area (Å²) in [5, 5.41) is 11.0. The third-order valence-corrected chi connectivity index (χ3v) is 2.27. The van der Waals surface area contributed by atoms with Crippen LogP contribution < -0.4 is 5.32 Å². The smallest absolute Gasteiger partial charge is 0.236 e. The first kappa shape index (κ1) is 9.25. The van der Waals surface area contributed by atoms with E-state index in [1.807, 2.05) is 13.8 Å². The maximum absolute atomic E-state index is 10.7. The zero-order valence-corrected chi connectivity index (χ0v) is 7.94. The van der Waals surface area contributed by atoms with Crippen molar-refractivity contribution in [2.45, 2.75) is 20.3 Å². The average Bonchev–Trinajstić information content (AvgIpc) is 2.47. The largest absolute Gasteiger partial charge is 0.303 e. The van der Waals surface area contributed by atoms with E-state index in [-0.39, 0.29) is 5.91 Å². The van der Waals surface area contributed by atoms with Crippen molar-refractivity contribution in [1.82, 2.24) is 5.32 Å². The van der Waals surface area contributed by atoms with Crippen molar-refractivity contribution in [2.75, 3.05) is 5.75 Å². The van der Waals surface area contributed by atoms with Crippen molar-refractivity contribution >= 4 is 28.5 Å². The molecule has 0 unspecified atom stereocenters. The van der Waals surface area contributed by atoms with Gasteiger partial charge in [-0.15, -0.1) is 5.10 Å². The minimum Gasteiger partial charge on any atom is -0.303 e. The van der Waals surface area contributed by atoms with Crippen molar-refractivity contribution in [1.29, 1.82) is 0 Å². The molecular weight excluding hydrogens is 174 g/mol. The zero-order chi connectivity index (χ0) is 8.97. The molecule has 0 spiro atoms. The minimum atomic E-state index is 0.00287. The number of hydrogen-bond donors (Lipinski definition) is 1. The molecule has 1 amide bonds. The van der Waals surface area contributed by atoms with Gasteiger partial charge in [-0.1, -0.05) is 18.7 Å². The molecule has 1 aliphatic rings. The van der Waals surface area contributed by atoms with Crippen LogP contribution in [0.2, 0.25) is 0 Å². The van der Waals surface area contributed by atoms with E-state index in [4.69, 9.17) is 0 Å². The quantitative estimate of drug-likeness (QED) is 0.515. The van der Waals surface area contributed by atoms with Gasteiger partial charge >= 0.3 is 0 Å². The highest BCUT2D eigenvalue weighted by molar-refractivity contribution is 8.15. The molecule has 4 nitrogen and oxygen atoms in total. The Balaban J connectivity index is 2.53. The molecular formula is C7H11N3OS. The molecule has 66 valence electrons. The van der Waals surface area contributed by atoms with E-state index in [1.54, 1.807) is 0 Å². The lowest BCUT2D eigenvalue weighted by atomic mass is 10.3. The summed E-state index contributed by atoms with van der Waals surface area (Å²) in [4.78, 5) is 10.7. The van der Waals surface area contributed by atoms with Crippen molar-refractivity contribution < 1.29 is 4.79 Å². The topological polar surface area (TPSA) is 53.8 Å². The molecule has 0 aromatic carbocycles. The van der Waals surface area contributed by atoms with Crippen LogP contribution in [0.5, 0.6) is 0 Å². The maximum atomic E-state index is 10.7. The first-order valence-electron chi connectivity index (χ1n) is 3.76. The Morgan fingerprint density at radius 1 is 1.75 bits per heavy atom. The number of hydrogen-bond acceptors (Lipinski definition) is 4. The van der Waals surface area contributed by atoms with Crippen LogP contribution in [-0.2, 0) is 4.79 Å². The molecule has 0 aromatic rings. The van der Waals surface area contributed by atoms with E-state index in [2.05, 4.69) is 15.5 Å². The molecule has 1 aliphatic heterocycles. The monoisotopic (exact) mass is 185 g/mol. The molecule has 0 bridgehead atoms. The van der Waals surface area contributed by atoms with Crippen LogP contribution in [0.25, 0.3) is 0 Å². The Kier molecular flexibility index (Phi) is 3.28. The van der Waals surface area contributed by atoms with Gasteiger partial charge in [0.05, 0.1) is 5.75 Å². The molecule has 0 atom stereocenters. The fourth-order valence-corrected chi connectivity index (χ4v) is 1.21. The maximum Gasteiger partial charge on any atom is 0.236 e. The van der Waals surface area contributed by atoms with Crippen molar-refractivity contribution in [3.63, 3.8) is 0 Å². The number of thioether (sulfide) groups is 1. The van der Waals surface area contributed by atoms with Crippen LogP contribution >= 0.6 is 11.8 Å². The second-order valence-corrected chi connectivity index (χ2v) is 3.39. The van der Waals surface area contributed by atoms with Crippen LogP contribution in [0, 0.1) is 0 Å². The summed E-state index contributed by atoms with van der Waals surface area (Å²) in [5.41, 5.74) is 0.962. The first-order valence-corrected chi connectivity index (χ1v) is 4.74. The molecule has 1 fully saturated rings. The second kappa shape index (κ2) is 4.25. The number of carbonyl (C=O) groups is 1. The Bertz CT molecular complexity index is 247. The summed E-state index contributed by atoms with van der Waals surface area (Å²) in [6.07, 6.45) is 0.884. The summed E-state index contributed by atoms with van der Waals surface area (Å²) in [6.45, 7) is 3.92. The molecule has 1 N–H and O–H groups in total. The second-order valence-electron chi connectivity index (χ2n) is 2.43. The van der Waals surface area contributed by atoms with Crippen LogP contribution in [0.3, 0.4) is 0 Å². The lowest BCUT2D eigenvalue weighted by Gasteiger charge is -1.91. The Labute approximate surface area is 75.5 Å². The molecule has 12 heavy (non-hydrogen) atoms. The molecule has 0 aliphatic carbocycles. The third kappa shape index (κ3) is 2.65. The number of carbonyl (C=O) groups excluding carboxylic acids is 1. The number of rotatable bonds is 2. The van der Waals surface area contributed by atoms with Crippen molar-refractivity contribution in [2.24, 2.45) is 10.2 Å². The van der Waals surface area contributed by atoms with Gasteiger partial charge in [0, 0.05) is 5.71 Å². The molecule has 1 heterocycles. The molecule has 0 aromatic heterocycles. The van der Waals surface area contributed by atoms with Gasteiger partial charge < -0.3 is 5.32 Å². The fourth-order valence-electron chi connectivity index (χ4n) is 0.581.